The van der Waals surface area contributed by atoms with Gasteiger partial charge in [-0.05, 0) is 38.1 Å². The highest BCUT2D eigenvalue weighted by molar-refractivity contribution is 5.93. The number of hydrogen-bond acceptors (Lipinski definition) is 3. The van der Waals surface area contributed by atoms with Crippen LogP contribution in [0, 0.1) is 6.92 Å². The number of aromatic nitrogens is 1. The SMILES string of the molecule is C=C(C)CNc1cc(C)nc2ccc(N)cc12. The Morgan fingerprint density at radius 3 is 2.88 bits per heavy atom. The number of nitrogens with zero attached hydrogens (tertiary/aromatic N) is 1. The maximum absolute atomic E-state index is 5.81. The molecule has 0 spiro atoms. The van der Waals surface area contributed by atoms with Gasteiger partial charge in [0.25, 0.3) is 0 Å². The molecule has 3 nitrogen and oxygen atoms in total. The summed E-state index contributed by atoms with van der Waals surface area (Å²) in [6, 6.07) is 7.80. The second kappa shape index (κ2) is 4.45. The van der Waals surface area contributed by atoms with Crippen molar-refractivity contribution in [1.29, 1.82) is 0 Å². The quantitative estimate of drug-likeness (QED) is 0.625. The van der Waals surface area contributed by atoms with E-state index >= 15 is 0 Å². The average molecular weight is 227 g/mol. The molecule has 0 atom stereocenters. The second-order valence-electron chi connectivity index (χ2n) is 4.40. The van der Waals surface area contributed by atoms with Crippen LogP contribution < -0.4 is 11.1 Å². The Kier molecular flexibility index (Phi) is 3.00. The number of pyridine rings is 1. The summed E-state index contributed by atoms with van der Waals surface area (Å²) in [6.45, 7) is 8.63. The molecule has 0 saturated heterocycles. The molecule has 2 aromatic rings. The van der Waals surface area contributed by atoms with Gasteiger partial charge in [-0.2, -0.15) is 0 Å². The lowest BCUT2D eigenvalue weighted by atomic mass is 10.1. The van der Waals surface area contributed by atoms with Crippen molar-refractivity contribution >= 4 is 22.3 Å². The molecule has 0 radical (unpaired) electrons. The summed E-state index contributed by atoms with van der Waals surface area (Å²) in [5.41, 5.74) is 10.7. The van der Waals surface area contributed by atoms with Crippen LogP contribution in [0.15, 0.2) is 36.4 Å². The number of fused-ring (bicyclic) bond motifs is 1. The minimum Gasteiger partial charge on any atom is -0.399 e. The van der Waals surface area contributed by atoms with Gasteiger partial charge >= 0.3 is 0 Å². The molecule has 3 heteroatoms. The molecule has 3 N–H and O–H groups in total. The number of anilines is 2. The van der Waals surface area contributed by atoms with Gasteiger partial charge in [0, 0.05) is 29.0 Å². The van der Waals surface area contributed by atoms with Crippen molar-refractivity contribution in [2.24, 2.45) is 0 Å². The zero-order chi connectivity index (χ0) is 12.4. The summed E-state index contributed by atoms with van der Waals surface area (Å²) in [4.78, 5) is 4.49. The van der Waals surface area contributed by atoms with Gasteiger partial charge in [0.15, 0.2) is 0 Å². The Hall–Kier alpha value is -2.03. The lowest BCUT2D eigenvalue weighted by Gasteiger charge is -2.11. The molecule has 17 heavy (non-hydrogen) atoms. The molecule has 1 aromatic carbocycles. The average Bonchev–Trinajstić information content (AvgIpc) is 2.26. The van der Waals surface area contributed by atoms with E-state index in [1.165, 1.54) is 0 Å². The topological polar surface area (TPSA) is 50.9 Å². The molecule has 1 aromatic heterocycles. The molecule has 1 heterocycles. The normalized spacial score (nSPS) is 10.5. The first kappa shape index (κ1) is 11.5. The highest BCUT2D eigenvalue weighted by Gasteiger charge is 2.04. The molecule has 0 aliphatic rings. The summed E-state index contributed by atoms with van der Waals surface area (Å²) < 4.78 is 0. The molecule has 0 unspecified atom stereocenters. The number of nitrogens with two attached hydrogens (primary N) is 1. The minimum atomic E-state index is 0.751. The van der Waals surface area contributed by atoms with Gasteiger partial charge in [0.2, 0.25) is 0 Å². The lowest BCUT2D eigenvalue weighted by molar-refractivity contribution is 1.20. The molecule has 0 bridgehead atoms. The monoisotopic (exact) mass is 227 g/mol. The molecular weight excluding hydrogens is 210 g/mol. The zero-order valence-electron chi connectivity index (χ0n) is 10.2. The first-order valence-corrected chi connectivity index (χ1v) is 5.61. The molecule has 88 valence electrons. The van der Waals surface area contributed by atoms with Crippen LogP contribution in [0.4, 0.5) is 11.4 Å². The first-order valence-electron chi connectivity index (χ1n) is 5.61. The van der Waals surface area contributed by atoms with Crippen LogP contribution >= 0.6 is 0 Å². The standard InChI is InChI=1S/C14H17N3/c1-9(2)8-16-14-6-10(3)17-13-5-4-11(15)7-12(13)14/h4-7H,1,8,15H2,2-3H3,(H,16,17). The van der Waals surface area contributed by atoms with Crippen molar-refractivity contribution in [3.63, 3.8) is 0 Å². The molecular formula is C14H17N3. The van der Waals surface area contributed by atoms with Crippen molar-refractivity contribution < 1.29 is 0 Å². The van der Waals surface area contributed by atoms with E-state index in [1.54, 1.807) is 0 Å². The molecule has 0 aliphatic carbocycles. The summed E-state index contributed by atoms with van der Waals surface area (Å²) in [5.74, 6) is 0. The van der Waals surface area contributed by atoms with Crippen molar-refractivity contribution in [3.8, 4) is 0 Å². The Morgan fingerprint density at radius 2 is 2.18 bits per heavy atom. The van der Waals surface area contributed by atoms with Crippen LogP contribution in [0.3, 0.4) is 0 Å². The summed E-state index contributed by atoms with van der Waals surface area (Å²) in [6.07, 6.45) is 0. The van der Waals surface area contributed by atoms with E-state index in [1.807, 2.05) is 38.1 Å². The van der Waals surface area contributed by atoms with E-state index in [-0.39, 0.29) is 0 Å². The Bertz CT molecular complexity index is 573. The zero-order valence-corrected chi connectivity index (χ0v) is 10.2. The number of aryl methyl sites for hydroxylation is 1. The van der Waals surface area contributed by atoms with Crippen molar-refractivity contribution in [3.05, 3.63) is 42.1 Å². The van der Waals surface area contributed by atoms with Crippen LogP contribution in [0.2, 0.25) is 0 Å². The molecule has 2 rings (SSSR count). The Labute approximate surface area is 101 Å². The van der Waals surface area contributed by atoms with Crippen LogP contribution in [0.5, 0.6) is 0 Å². The summed E-state index contributed by atoms with van der Waals surface area (Å²) in [7, 11) is 0. The van der Waals surface area contributed by atoms with Gasteiger partial charge in [0.05, 0.1) is 5.52 Å². The first-order chi connectivity index (χ1) is 8.06. The molecule has 0 fully saturated rings. The minimum absolute atomic E-state index is 0.751. The highest BCUT2D eigenvalue weighted by atomic mass is 14.9. The fraction of sp³-hybridized carbons (Fsp3) is 0.214. The fourth-order valence-electron chi connectivity index (χ4n) is 1.77. The van der Waals surface area contributed by atoms with E-state index in [2.05, 4.69) is 16.9 Å². The Balaban J connectivity index is 2.51. The number of nitrogen functional groups attached to an aromatic ring is 1. The summed E-state index contributed by atoms with van der Waals surface area (Å²) in [5, 5.41) is 4.41. The smallest absolute Gasteiger partial charge is 0.0727 e. The van der Waals surface area contributed by atoms with Gasteiger partial charge in [-0.15, -0.1) is 0 Å². The maximum Gasteiger partial charge on any atom is 0.0727 e. The van der Waals surface area contributed by atoms with Gasteiger partial charge < -0.3 is 11.1 Å². The highest BCUT2D eigenvalue weighted by Crippen LogP contribution is 2.25. The van der Waals surface area contributed by atoms with Crippen LogP contribution in [0.1, 0.15) is 12.6 Å². The fourth-order valence-corrected chi connectivity index (χ4v) is 1.77. The predicted octanol–water partition coefficient (Wildman–Crippen LogP) is 3.11. The van der Waals surface area contributed by atoms with Crippen molar-refractivity contribution in [2.45, 2.75) is 13.8 Å². The van der Waals surface area contributed by atoms with Gasteiger partial charge in [-0.3, -0.25) is 4.98 Å². The number of hydrogen-bond donors (Lipinski definition) is 2. The van der Waals surface area contributed by atoms with Crippen LogP contribution in [-0.2, 0) is 0 Å². The third-order valence-corrected chi connectivity index (χ3v) is 2.54. The van der Waals surface area contributed by atoms with Gasteiger partial charge in [0.1, 0.15) is 0 Å². The number of nitrogens with one attached hydrogen (secondary N) is 1. The third kappa shape index (κ3) is 2.56. The van der Waals surface area contributed by atoms with Crippen LogP contribution in [0.25, 0.3) is 10.9 Å². The lowest BCUT2D eigenvalue weighted by Crippen LogP contribution is -2.03. The summed E-state index contributed by atoms with van der Waals surface area (Å²) >= 11 is 0. The van der Waals surface area contributed by atoms with Crippen molar-refractivity contribution in [1.82, 2.24) is 4.98 Å². The largest absolute Gasteiger partial charge is 0.399 e. The molecule has 0 aliphatic heterocycles. The van der Waals surface area contributed by atoms with E-state index in [4.69, 9.17) is 5.73 Å². The van der Waals surface area contributed by atoms with Crippen LogP contribution in [-0.4, -0.2) is 11.5 Å². The van der Waals surface area contributed by atoms with E-state index < -0.39 is 0 Å². The van der Waals surface area contributed by atoms with E-state index in [9.17, 15) is 0 Å². The third-order valence-electron chi connectivity index (χ3n) is 2.54. The van der Waals surface area contributed by atoms with Gasteiger partial charge in [-0.1, -0.05) is 12.2 Å². The molecule has 0 saturated carbocycles. The predicted molar refractivity (Wildman–Crippen MR) is 74.2 cm³/mol. The Morgan fingerprint density at radius 1 is 1.41 bits per heavy atom. The number of benzene rings is 1. The van der Waals surface area contributed by atoms with E-state index in [0.29, 0.717) is 0 Å². The molecule has 0 amide bonds. The van der Waals surface area contributed by atoms with E-state index in [0.717, 1.165) is 40.1 Å². The van der Waals surface area contributed by atoms with Gasteiger partial charge in [-0.25, -0.2) is 0 Å². The second-order valence-corrected chi connectivity index (χ2v) is 4.40. The van der Waals surface area contributed by atoms with Crippen molar-refractivity contribution in [2.75, 3.05) is 17.6 Å². The number of rotatable bonds is 3. The maximum atomic E-state index is 5.81.